The lowest BCUT2D eigenvalue weighted by molar-refractivity contribution is -0.145. The Labute approximate surface area is 111 Å². The van der Waals surface area contributed by atoms with Crippen molar-refractivity contribution in [2.24, 2.45) is 23.5 Å². The van der Waals surface area contributed by atoms with E-state index in [1.54, 1.807) is 0 Å². The van der Waals surface area contributed by atoms with Crippen LogP contribution in [0, 0.1) is 17.8 Å². The summed E-state index contributed by atoms with van der Waals surface area (Å²) in [5, 5.41) is 0. The maximum absolute atomic E-state index is 11.6. The molecule has 0 heterocycles. The number of ether oxygens (including phenoxy) is 1. The third-order valence-electron chi connectivity index (χ3n) is 3.84. The standard InChI is InChI=1S/C15H29NO2/c1-12(2)9-14(11-16)10-15(17)18-8-4-7-13-5-3-6-13/h12-14H,3-11,16H2,1-2H3/t14-/m0/s1. The molecule has 1 atom stereocenters. The Morgan fingerprint density at radius 1 is 1.39 bits per heavy atom. The predicted molar refractivity (Wildman–Crippen MR) is 74.2 cm³/mol. The molecule has 0 unspecified atom stereocenters. The van der Waals surface area contributed by atoms with E-state index in [-0.39, 0.29) is 11.9 Å². The second-order valence-electron chi connectivity index (χ2n) is 6.10. The number of hydrogen-bond donors (Lipinski definition) is 1. The van der Waals surface area contributed by atoms with Crippen LogP contribution in [0.5, 0.6) is 0 Å². The van der Waals surface area contributed by atoms with Crippen molar-refractivity contribution in [3.05, 3.63) is 0 Å². The summed E-state index contributed by atoms with van der Waals surface area (Å²) in [7, 11) is 0. The summed E-state index contributed by atoms with van der Waals surface area (Å²) in [6.45, 7) is 5.49. The molecule has 1 aliphatic carbocycles. The SMILES string of the molecule is CC(C)C[C@H](CN)CC(=O)OCCCC1CCC1. The maximum Gasteiger partial charge on any atom is 0.306 e. The van der Waals surface area contributed by atoms with Gasteiger partial charge in [0.15, 0.2) is 0 Å². The first-order valence-electron chi connectivity index (χ1n) is 7.47. The van der Waals surface area contributed by atoms with Crippen LogP contribution in [-0.2, 0) is 9.53 Å². The smallest absolute Gasteiger partial charge is 0.306 e. The van der Waals surface area contributed by atoms with Gasteiger partial charge in [-0.2, -0.15) is 0 Å². The Balaban J connectivity index is 2.03. The molecule has 106 valence electrons. The summed E-state index contributed by atoms with van der Waals surface area (Å²) in [5.74, 6) is 1.70. The summed E-state index contributed by atoms with van der Waals surface area (Å²) < 4.78 is 5.28. The van der Waals surface area contributed by atoms with E-state index in [2.05, 4.69) is 13.8 Å². The Morgan fingerprint density at radius 2 is 2.11 bits per heavy atom. The van der Waals surface area contributed by atoms with Gasteiger partial charge >= 0.3 is 5.97 Å². The summed E-state index contributed by atoms with van der Waals surface area (Å²) >= 11 is 0. The molecule has 1 fully saturated rings. The largest absolute Gasteiger partial charge is 0.466 e. The van der Waals surface area contributed by atoms with Gasteiger partial charge in [-0.15, -0.1) is 0 Å². The fraction of sp³-hybridized carbons (Fsp3) is 0.933. The zero-order valence-electron chi connectivity index (χ0n) is 12.0. The molecule has 3 heteroatoms. The molecule has 2 N–H and O–H groups in total. The highest BCUT2D eigenvalue weighted by Crippen LogP contribution is 2.30. The molecule has 1 saturated carbocycles. The van der Waals surface area contributed by atoms with Crippen molar-refractivity contribution in [3.63, 3.8) is 0 Å². The summed E-state index contributed by atoms with van der Waals surface area (Å²) in [5.41, 5.74) is 5.68. The number of carbonyl (C=O) groups excluding carboxylic acids is 1. The van der Waals surface area contributed by atoms with Gasteiger partial charge in [-0.1, -0.05) is 33.1 Å². The van der Waals surface area contributed by atoms with Crippen molar-refractivity contribution in [3.8, 4) is 0 Å². The summed E-state index contributed by atoms with van der Waals surface area (Å²) in [6.07, 6.45) is 7.87. The van der Waals surface area contributed by atoms with Crippen molar-refractivity contribution < 1.29 is 9.53 Å². The van der Waals surface area contributed by atoms with Crippen LogP contribution < -0.4 is 5.73 Å². The van der Waals surface area contributed by atoms with E-state index in [1.165, 1.54) is 25.7 Å². The zero-order valence-corrected chi connectivity index (χ0v) is 12.0. The van der Waals surface area contributed by atoms with Crippen LogP contribution in [0.1, 0.15) is 58.8 Å². The Hall–Kier alpha value is -0.570. The van der Waals surface area contributed by atoms with Crippen LogP contribution in [-0.4, -0.2) is 19.1 Å². The first-order valence-corrected chi connectivity index (χ1v) is 7.47. The van der Waals surface area contributed by atoms with Crippen LogP contribution >= 0.6 is 0 Å². The minimum atomic E-state index is -0.0697. The average Bonchev–Trinajstić information content (AvgIpc) is 2.24. The van der Waals surface area contributed by atoms with Crippen LogP contribution in [0.25, 0.3) is 0 Å². The monoisotopic (exact) mass is 255 g/mol. The van der Waals surface area contributed by atoms with E-state index in [1.807, 2.05) is 0 Å². The summed E-state index contributed by atoms with van der Waals surface area (Å²) in [4.78, 5) is 11.6. The van der Waals surface area contributed by atoms with Crippen molar-refractivity contribution in [2.75, 3.05) is 13.2 Å². The number of esters is 1. The Kier molecular flexibility index (Phi) is 7.33. The van der Waals surface area contributed by atoms with Gasteiger partial charge in [0.2, 0.25) is 0 Å². The quantitative estimate of drug-likeness (QED) is 0.509. The Bertz CT molecular complexity index is 237. The first-order chi connectivity index (χ1) is 8.61. The van der Waals surface area contributed by atoms with E-state index >= 15 is 0 Å². The van der Waals surface area contributed by atoms with Crippen LogP contribution in [0.2, 0.25) is 0 Å². The number of rotatable bonds is 9. The normalized spacial score (nSPS) is 17.6. The minimum absolute atomic E-state index is 0.0697. The highest BCUT2D eigenvalue weighted by molar-refractivity contribution is 5.69. The molecule has 0 saturated heterocycles. The van der Waals surface area contributed by atoms with Gasteiger partial charge in [-0.25, -0.2) is 0 Å². The molecule has 18 heavy (non-hydrogen) atoms. The van der Waals surface area contributed by atoms with Crippen molar-refractivity contribution in [1.29, 1.82) is 0 Å². The minimum Gasteiger partial charge on any atom is -0.466 e. The van der Waals surface area contributed by atoms with Gasteiger partial charge in [0.25, 0.3) is 0 Å². The lowest BCUT2D eigenvalue weighted by Gasteiger charge is -2.24. The molecule has 0 aliphatic heterocycles. The lowest BCUT2D eigenvalue weighted by Crippen LogP contribution is -2.21. The zero-order chi connectivity index (χ0) is 13.4. The van der Waals surface area contributed by atoms with E-state index in [9.17, 15) is 4.79 Å². The first kappa shape index (κ1) is 15.5. The van der Waals surface area contributed by atoms with E-state index in [4.69, 9.17) is 10.5 Å². The van der Waals surface area contributed by atoms with Gasteiger partial charge in [-0.05, 0) is 43.6 Å². The molecular weight excluding hydrogens is 226 g/mol. The molecule has 1 aliphatic rings. The number of hydrogen-bond acceptors (Lipinski definition) is 3. The van der Waals surface area contributed by atoms with Crippen molar-refractivity contribution >= 4 is 5.97 Å². The number of carbonyl (C=O) groups is 1. The van der Waals surface area contributed by atoms with Gasteiger partial charge in [-0.3, -0.25) is 4.79 Å². The molecule has 0 aromatic carbocycles. The van der Waals surface area contributed by atoms with Gasteiger partial charge in [0.1, 0.15) is 0 Å². The molecule has 0 bridgehead atoms. The van der Waals surface area contributed by atoms with E-state index in [0.717, 1.165) is 18.8 Å². The molecule has 0 spiro atoms. The second kappa shape index (κ2) is 8.52. The second-order valence-corrected chi connectivity index (χ2v) is 6.10. The van der Waals surface area contributed by atoms with E-state index in [0.29, 0.717) is 25.5 Å². The van der Waals surface area contributed by atoms with Gasteiger partial charge < -0.3 is 10.5 Å². The summed E-state index contributed by atoms with van der Waals surface area (Å²) in [6, 6.07) is 0. The van der Waals surface area contributed by atoms with Gasteiger partial charge in [0.05, 0.1) is 6.61 Å². The molecule has 0 aromatic heterocycles. The third-order valence-corrected chi connectivity index (χ3v) is 3.84. The maximum atomic E-state index is 11.6. The molecule has 0 aromatic rings. The topological polar surface area (TPSA) is 52.3 Å². The fourth-order valence-electron chi connectivity index (χ4n) is 2.56. The van der Waals surface area contributed by atoms with Crippen LogP contribution in [0.3, 0.4) is 0 Å². The van der Waals surface area contributed by atoms with Crippen LogP contribution in [0.15, 0.2) is 0 Å². The molecule has 1 rings (SSSR count). The fourth-order valence-corrected chi connectivity index (χ4v) is 2.56. The third kappa shape index (κ3) is 6.39. The average molecular weight is 255 g/mol. The highest BCUT2D eigenvalue weighted by atomic mass is 16.5. The highest BCUT2D eigenvalue weighted by Gasteiger charge is 2.17. The lowest BCUT2D eigenvalue weighted by atomic mass is 9.82. The Morgan fingerprint density at radius 3 is 2.61 bits per heavy atom. The molecule has 3 nitrogen and oxygen atoms in total. The predicted octanol–water partition coefficient (Wildman–Crippen LogP) is 3.12. The number of nitrogens with two attached hydrogens (primary N) is 1. The van der Waals surface area contributed by atoms with Crippen LogP contribution in [0.4, 0.5) is 0 Å². The van der Waals surface area contributed by atoms with Gasteiger partial charge in [0, 0.05) is 6.42 Å². The molecular formula is C15H29NO2. The van der Waals surface area contributed by atoms with E-state index < -0.39 is 0 Å². The van der Waals surface area contributed by atoms with Crippen molar-refractivity contribution in [1.82, 2.24) is 0 Å². The van der Waals surface area contributed by atoms with Crippen molar-refractivity contribution in [2.45, 2.75) is 58.8 Å². The molecule has 0 amide bonds. The molecule has 0 radical (unpaired) electrons.